The lowest BCUT2D eigenvalue weighted by Crippen LogP contribution is -1.90. The highest BCUT2D eigenvalue weighted by molar-refractivity contribution is 5.20. The molecule has 0 saturated carbocycles. The normalized spacial score (nSPS) is 18.2. The van der Waals surface area contributed by atoms with E-state index in [1.807, 2.05) is 0 Å². The Balaban J connectivity index is 2.41. The first-order valence-corrected chi connectivity index (χ1v) is 4.16. The molecule has 0 aliphatic heterocycles. The molecule has 0 radical (unpaired) electrons. The maximum absolute atomic E-state index is 2.37. The number of rotatable bonds is 2. The lowest BCUT2D eigenvalue weighted by Gasteiger charge is -2.10. The van der Waals surface area contributed by atoms with Gasteiger partial charge in [-0.05, 0) is 26.2 Å². The Morgan fingerprint density at radius 1 is 1.40 bits per heavy atom. The van der Waals surface area contributed by atoms with Gasteiger partial charge in [-0.1, -0.05) is 36.6 Å². The monoisotopic (exact) mass is 136 g/mol. The Morgan fingerprint density at radius 2 is 2.20 bits per heavy atom. The van der Waals surface area contributed by atoms with E-state index in [0.717, 1.165) is 0 Å². The summed E-state index contributed by atoms with van der Waals surface area (Å²) in [5.41, 5.74) is 3.19. The molecule has 0 unspecified atom stereocenters. The minimum Gasteiger partial charge on any atom is -0.0815 e. The van der Waals surface area contributed by atoms with E-state index in [0.29, 0.717) is 0 Å². The minimum absolute atomic E-state index is 1.17. The van der Waals surface area contributed by atoms with Crippen molar-refractivity contribution < 1.29 is 0 Å². The van der Waals surface area contributed by atoms with Crippen LogP contribution < -0.4 is 0 Å². The topological polar surface area (TPSA) is 0 Å². The molecule has 0 heterocycles. The third-order valence-corrected chi connectivity index (χ3v) is 1.95. The van der Waals surface area contributed by atoms with Crippen molar-refractivity contribution in [3.05, 3.63) is 23.3 Å². The standard InChI is InChI=1S/C10H16/c1-3-5-10-7-4-6-9(2)8-10/h6-7H,3-5,8H2,1-2H3. The Labute approximate surface area is 63.6 Å². The lowest BCUT2D eigenvalue weighted by atomic mass is 9.96. The van der Waals surface area contributed by atoms with E-state index in [4.69, 9.17) is 0 Å². The van der Waals surface area contributed by atoms with Gasteiger partial charge in [0.05, 0.1) is 0 Å². The van der Waals surface area contributed by atoms with Crippen molar-refractivity contribution in [1.82, 2.24) is 0 Å². The zero-order valence-corrected chi connectivity index (χ0v) is 6.98. The van der Waals surface area contributed by atoms with Gasteiger partial charge in [-0.15, -0.1) is 0 Å². The molecule has 56 valence electrons. The van der Waals surface area contributed by atoms with E-state index < -0.39 is 0 Å². The highest BCUT2D eigenvalue weighted by atomic mass is 14.1. The molecule has 0 aromatic heterocycles. The molecule has 0 aromatic carbocycles. The summed E-state index contributed by atoms with van der Waals surface area (Å²) in [6, 6.07) is 0. The van der Waals surface area contributed by atoms with Crippen molar-refractivity contribution in [2.75, 3.05) is 0 Å². The van der Waals surface area contributed by atoms with Gasteiger partial charge in [0.15, 0.2) is 0 Å². The van der Waals surface area contributed by atoms with E-state index in [9.17, 15) is 0 Å². The van der Waals surface area contributed by atoms with Gasteiger partial charge in [-0.2, -0.15) is 0 Å². The van der Waals surface area contributed by atoms with Crippen LogP contribution in [0.1, 0.15) is 39.5 Å². The predicted molar refractivity (Wildman–Crippen MR) is 46.0 cm³/mol. The van der Waals surface area contributed by atoms with E-state index in [-0.39, 0.29) is 0 Å². The number of hydrogen-bond donors (Lipinski definition) is 0. The van der Waals surface area contributed by atoms with Gasteiger partial charge in [0.1, 0.15) is 0 Å². The molecular weight excluding hydrogens is 120 g/mol. The molecule has 0 N–H and O–H groups in total. The molecule has 0 bridgehead atoms. The highest BCUT2D eigenvalue weighted by Crippen LogP contribution is 2.21. The van der Waals surface area contributed by atoms with Crippen LogP contribution in [0.3, 0.4) is 0 Å². The van der Waals surface area contributed by atoms with Crippen LogP contribution in [0.5, 0.6) is 0 Å². The molecule has 0 heteroatoms. The second kappa shape index (κ2) is 3.60. The molecule has 10 heavy (non-hydrogen) atoms. The average Bonchev–Trinajstić information content (AvgIpc) is 1.88. The first kappa shape index (κ1) is 7.59. The van der Waals surface area contributed by atoms with Crippen molar-refractivity contribution in [3.8, 4) is 0 Å². The maximum Gasteiger partial charge on any atom is -0.0111 e. The van der Waals surface area contributed by atoms with Crippen molar-refractivity contribution in [2.24, 2.45) is 0 Å². The summed E-state index contributed by atoms with van der Waals surface area (Å²) in [6.07, 6.45) is 9.68. The molecular formula is C10H16. The van der Waals surface area contributed by atoms with Crippen LogP contribution in [0, 0.1) is 0 Å². The van der Waals surface area contributed by atoms with Gasteiger partial charge in [-0.3, -0.25) is 0 Å². The van der Waals surface area contributed by atoms with E-state index in [1.165, 1.54) is 25.7 Å². The minimum atomic E-state index is 1.17. The largest absolute Gasteiger partial charge is 0.0815 e. The third kappa shape index (κ3) is 2.02. The van der Waals surface area contributed by atoms with Crippen LogP contribution in [0.2, 0.25) is 0 Å². The predicted octanol–water partition coefficient (Wildman–Crippen LogP) is 3.45. The van der Waals surface area contributed by atoms with Gasteiger partial charge in [-0.25, -0.2) is 0 Å². The molecule has 1 aliphatic rings. The molecule has 0 amide bonds. The fraction of sp³-hybridized carbons (Fsp3) is 0.600. The Kier molecular flexibility index (Phi) is 2.73. The first-order chi connectivity index (χ1) is 4.83. The van der Waals surface area contributed by atoms with Gasteiger partial charge in [0.25, 0.3) is 0 Å². The molecule has 0 fully saturated rings. The summed E-state index contributed by atoms with van der Waals surface area (Å²) in [6.45, 7) is 4.47. The average molecular weight is 136 g/mol. The van der Waals surface area contributed by atoms with Gasteiger partial charge < -0.3 is 0 Å². The third-order valence-electron chi connectivity index (χ3n) is 1.95. The summed E-state index contributed by atoms with van der Waals surface area (Å²) in [7, 11) is 0. The van der Waals surface area contributed by atoms with Crippen LogP contribution in [-0.4, -0.2) is 0 Å². The fourth-order valence-electron chi connectivity index (χ4n) is 1.44. The summed E-state index contributed by atoms with van der Waals surface area (Å²) >= 11 is 0. The SMILES string of the molecule is CCCC1=CCC=C(C)C1. The van der Waals surface area contributed by atoms with Crippen LogP contribution >= 0.6 is 0 Å². The van der Waals surface area contributed by atoms with Gasteiger partial charge in [0.2, 0.25) is 0 Å². The molecule has 0 nitrogen and oxygen atoms in total. The summed E-state index contributed by atoms with van der Waals surface area (Å²) in [5, 5.41) is 0. The molecule has 0 aromatic rings. The lowest BCUT2D eigenvalue weighted by molar-refractivity contribution is 0.847. The quantitative estimate of drug-likeness (QED) is 0.510. The molecule has 0 atom stereocenters. The maximum atomic E-state index is 2.37. The Morgan fingerprint density at radius 3 is 2.80 bits per heavy atom. The van der Waals surface area contributed by atoms with E-state index in [1.54, 1.807) is 11.1 Å². The van der Waals surface area contributed by atoms with Gasteiger partial charge in [0, 0.05) is 0 Å². The summed E-state index contributed by atoms with van der Waals surface area (Å²) < 4.78 is 0. The molecule has 0 spiro atoms. The van der Waals surface area contributed by atoms with Crippen molar-refractivity contribution in [3.63, 3.8) is 0 Å². The second-order valence-corrected chi connectivity index (χ2v) is 3.08. The van der Waals surface area contributed by atoms with Crippen LogP contribution in [0.15, 0.2) is 23.3 Å². The van der Waals surface area contributed by atoms with Crippen LogP contribution in [0.25, 0.3) is 0 Å². The first-order valence-electron chi connectivity index (χ1n) is 4.16. The Hall–Kier alpha value is -0.520. The fourth-order valence-corrected chi connectivity index (χ4v) is 1.44. The Bertz CT molecular complexity index is 161. The smallest absolute Gasteiger partial charge is 0.0111 e. The summed E-state index contributed by atoms with van der Waals surface area (Å²) in [4.78, 5) is 0. The van der Waals surface area contributed by atoms with E-state index >= 15 is 0 Å². The zero-order chi connectivity index (χ0) is 7.40. The number of hydrogen-bond acceptors (Lipinski definition) is 0. The van der Waals surface area contributed by atoms with Crippen molar-refractivity contribution >= 4 is 0 Å². The van der Waals surface area contributed by atoms with Gasteiger partial charge >= 0.3 is 0 Å². The highest BCUT2D eigenvalue weighted by Gasteiger charge is 2.00. The number of allylic oxidation sites excluding steroid dienone is 4. The summed E-state index contributed by atoms with van der Waals surface area (Å²) in [5.74, 6) is 0. The van der Waals surface area contributed by atoms with Crippen LogP contribution in [-0.2, 0) is 0 Å². The molecule has 1 rings (SSSR count). The van der Waals surface area contributed by atoms with Crippen molar-refractivity contribution in [2.45, 2.75) is 39.5 Å². The molecule has 0 saturated heterocycles. The van der Waals surface area contributed by atoms with E-state index in [2.05, 4.69) is 26.0 Å². The van der Waals surface area contributed by atoms with Crippen LogP contribution in [0.4, 0.5) is 0 Å². The zero-order valence-electron chi connectivity index (χ0n) is 6.98. The molecule has 1 aliphatic carbocycles. The van der Waals surface area contributed by atoms with Crippen molar-refractivity contribution in [1.29, 1.82) is 0 Å². The second-order valence-electron chi connectivity index (χ2n) is 3.08.